The topological polar surface area (TPSA) is 49.8 Å². The van der Waals surface area contributed by atoms with Gasteiger partial charge >= 0.3 is 0 Å². The predicted molar refractivity (Wildman–Crippen MR) is 89.4 cm³/mol. The Hall–Kier alpha value is -1.39. The van der Waals surface area contributed by atoms with Crippen LogP contribution in [0.2, 0.25) is 0 Å². The molecular formula is C19H27NO3. The number of amides is 1. The lowest BCUT2D eigenvalue weighted by Crippen LogP contribution is -2.62. The minimum Gasteiger partial charge on any atom is -0.392 e. The smallest absolute Gasteiger partial charge is 0.253 e. The SMILES string of the molecule is CCOC1CC(O)C12CCN(C(=O)c1ccc(CC)cc1)CC2. The van der Waals surface area contributed by atoms with Crippen LogP contribution in [0.15, 0.2) is 24.3 Å². The van der Waals surface area contributed by atoms with Gasteiger partial charge in [-0.1, -0.05) is 19.1 Å². The van der Waals surface area contributed by atoms with Crippen LogP contribution in [0.3, 0.4) is 0 Å². The molecule has 1 aromatic rings. The number of carbonyl (C=O) groups excluding carboxylic acids is 1. The molecule has 1 aliphatic carbocycles. The highest BCUT2D eigenvalue weighted by Gasteiger charge is 2.56. The Morgan fingerprint density at radius 1 is 1.26 bits per heavy atom. The van der Waals surface area contributed by atoms with E-state index in [1.807, 2.05) is 36.1 Å². The summed E-state index contributed by atoms with van der Waals surface area (Å²) in [6.07, 6.45) is 3.26. The molecule has 1 aliphatic heterocycles. The van der Waals surface area contributed by atoms with E-state index in [0.29, 0.717) is 19.7 Å². The molecule has 0 aromatic heterocycles. The van der Waals surface area contributed by atoms with Crippen LogP contribution in [0.4, 0.5) is 0 Å². The minimum atomic E-state index is -0.278. The number of nitrogens with zero attached hydrogens (tertiary/aromatic N) is 1. The number of ether oxygens (including phenoxy) is 1. The predicted octanol–water partition coefficient (Wildman–Crippen LogP) is 2.64. The van der Waals surface area contributed by atoms with E-state index in [1.165, 1.54) is 5.56 Å². The molecule has 1 amide bonds. The summed E-state index contributed by atoms with van der Waals surface area (Å²) >= 11 is 0. The molecule has 2 aliphatic rings. The van der Waals surface area contributed by atoms with Gasteiger partial charge in [0.1, 0.15) is 0 Å². The first kappa shape index (κ1) is 16.5. The second-order valence-electron chi connectivity index (χ2n) is 6.77. The number of hydrogen-bond donors (Lipinski definition) is 1. The van der Waals surface area contributed by atoms with Crippen LogP contribution in [-0.2, 0) is 11.2 Å². The monoisotopic (exact) mass is 317 g/mol. The summed E-state index contributed by atoms with van der Waals surface area (Å²) < 4.78 is 5.78. The summed E-state index contributed by atoms with van der Waals surface area (Å²) in [7, 11) is 0. The van der Waals surface area contributed by atoms with Gasteiger partial charge in [-0.15, -0.1) is 0 Å². The van der Waals surface area contributed by atoms with Crippen molar-refractivity contribution in [2.45, 2.75) is 51.7 Å². The van der Waals surface area contributed by atoms with E-state index in [4.69, 9.17) is 4.74 Å². The van der Waals surface area contributed by atoms with Gasteiger partial charge in [-0.05, 0) is 43.9 Å². The molecule has 1 aromatic carbocycles. The molecule has 126 valence electrons. The van der Waals surface area contributed by atoms with Crippen molar-refractivity contribution in [3.05, 3.63) is 35.4 Å². The van der Waals surface area contributed by atoms with Gasteiger partial charge in [0.2, 0.25) is 0 Å². The molecule has 1 N–H and O–H groups in total. The Morgan fingerprint density at radius 3 is 2.43 bits per heavy atom. The summed E-state index contributed by atoms with van der Waals surface area (Å²) in [5, 5.41) is 10.2. The number of carbonyl (C=O) groups is 1. The Morgan fingerprint density at radius 2 is 1.91 bits per heavy atom. The molecule has 2 atom stereocenters. The van der Waals surface area contributed by atoms with Crippen LogP contribution in [0.5, 0.6) is 0 Å². The quantitative estimate of drug-likeness (QED) is 0.929. The highest BCUT2D eigenvalue weighted by Crippen LogP contribution is 2.51. The van der Waals surface area contributed by atoms with E-state index >= 15 is 0 Å². The van der Waals surface area contributed by atoms with Gasteiger partial charge in [-0.2, -0.15) is 0 Å². The van der Waals surface area contributed by atoms with Crippen molar-refractivity contribution in [2.24, 2.45) is 5.41 Å². The molecule has 1 saturated carbocycles. The molecular weight excluding hydrogens is 290 g/mol. The van der Waals surface area contributed by atoms with Crippen molar-refractivity contribution < 1.29 is 14.6 Å². The first-order valence-electron chi connectivity index (χ1n) is 8.78. The van der Waals surface area contributed by atoms with Crippen LogP contribution in [0.25, 0.3) is 0 Å². The molecule has 2 unspecified atom stereocenters. The number of benzene rings is 1. The first-order chi connectivity index (χ1) is 11.1. The van der Waals surface area contributed by atoms with Gasteiger partial charge < -0.3 is 14.7 Å². The van der Waals surface area contributed by atoms with Crippen molar-refractivity contribution in [3.63, 3.8) is 0 Å². The van der Waals surface area contributed by atoms with Crippen molar-refractivity contribution in [3.8, 4) is 0 Å². The fourth-order valence-corrected chi connectivity index (χ4v) is 4.01. The normalized spacial score (nSPS) is 26.1. The lowest BCUT2D eigenvalue weighted by atomic mass is 9.58. The zero-order chi connectivity index (χ0) is 16.4. The second kappa shape index (κ2) is 6.62. The van der Waals surface area contributed by atoms with Gasteiger partial charge in [0.25, 0.3) is 5.91 Å². The van der Waals surface area contributed by atoms with Crippen molar-refractivity contribution in [2.75, 3.05) is 19.7 Å². The summed E-state index contributed by atoms with van der Waals surface area (Å²) in [5.41, 5.74) is 1.88. The van der Waals surface area contributed by atoms with Crippen molar-refractivity contribution in [1.29, 1.82) is 0 Å². The number of piperidine rings is 1. The lowest BCUT2D eigenvalue weighted by molar-refractivity contribution is -0.207. The van der Waals surface area contributed by atoms with Crippen LogP contribution >= 0.6 is 0 Å². The largest absolute Gasteiger partial charge is 0.392 e. The third-order valence-electron chi connectivity index (χ3n) is 5.70. The fraction of sp³-hybridized carbons (Fsp3) is 0.632. The summed E-state index contributed by atoms with van der Waals surface area (Å²) in [6, 6.07) is 7.90. The van der Waals surface area contributed by atoms with Gasteiger partial charge in [0.05, 0.1) is 12.2 Å². The average Bonchev–Trinajstić information content (AvgIpc) is 2.61. The van der Waals surface area contributed by atoms with E-state index < -0.39 is 0 Å². The maximum absolute atomic E-state index is 12.6. The molecule has 23 heavy (non-hydrogen) atoms. The average molecular weight is 317 g/mol. The maximum atomic E-state index is 12.6. The highest BCUT2D eigenvalue weighted by atomic mass is 16.5. The zero-order valence-electron chi connectivity index (χ0n) is 14.1. The Kier molecular flexibility index (Phi) is 4.74. The van der Waals surface area contributed by atoms with Crippen LogP contribution in [0.1, 0.15) is 49.0 Å². The van der Waals surface area contributed by atoms with E-state index in [2.05, 4.69) is 6.92 Å². The van der Waals surface area contributed by atoms with Crippen LogP contribution in [-0.4, -0.2) is 47.8 Å². The van der Waals surface area contributed by atoms with Gasteiger partial charge in [0.15, 0.2) is 0 Å². The number of aliphatic hydroxyl groups excluding tert-OH is 1. The minimum absolute atomic E-state index is 0.101. The molecule has 2 fully saturated rings. The van der Waals surface area contributed by atoms with E-state index in [1.54, 1.807) is 0 Å². The van der Waals surface area contributed by atoms with E-state index in [-0.39, 0.29) is 23.5 Å². The lowest BCUT2D eigenvalue weighted by Gasteiger charge is -2.56. The van der Waals surface area contributed by atoms with E-state index in [9.17, 15) is 9.90 Å². The van der Waals surface area contributed by atoms with Gasteiger partial charge in [0, 0.05) is 37.1 Å². The molecule has 3 rings (SSSR count). The third kappa shape index (κ3) is 2.90. The number of rotatable bonds is 4. The molecule has 4 nitrogen and oxygen atoms in total. The number of aliphatic hydroxyl groups is 1. The Bertz CT molecular complexity index is 544. The molecule has 0 radical (unpaired) electrons. The number of aryl methyl sites for hydroxylation is 1. The van der Waals surface area contributed by atoms with Crippen molar-refractivity contribution >= 4 is 5.91 Å². The second-order valence-corrected chi connectivity index (χ2v) is 6.77. The third-order valence-corrected chi connectivity index (χ3v) is 5.70. The Balaban J connectivity index is 1.63. The maximum Gasteiger partial charge on any atom is 0.253 e. The molecule has 1 saturated heterocycles. The molecule has 1 heterocycles. The number of hydrogen-bond acceptors (Lipinski definition) is 3. The van der Waals surface area contributed by atoms with Gasteiger partial charge in [-0.25, -0.2) is 0 Å². The van der Waals surface area contributed by atoms with E-state index in [0.717, 1.165) is 31.2 Å². The number of likely N-dealkylation sites (tertiary alicyclic amines) is 1. The summed E-state index contributed by atoms with van der Waals surface area (Å²) in [6.45, 7) is 6.20. The molecule has 4 heteroatoms. The zero-order valence-corrected chi connectivity index (χ0v) is 14.1. The standard InChI is InChI=1S/C19H27NO3/c1-3-14-5-7-15(8-6-14)18(22)20-11-9-19(10-12-20)16(21)13-17(19)23-4-2/h5-8,16-17,21H,3-4,9-13H2,1-2H3. The fourth-order valence-electron chi connectivity index (χ4n) is 4.01. The molecule has 0 bridgehead atoms. The van der Waals surface area contributed by atoms with Crippen LogP contribution in [0, 0.1) is 5.41 Å². The van der Waals surface area contributed by atoms with Gasteiger partial charge in [-0.3, -0.25) is 4.79 Å². The summed E-state index contributed by atoms with van der Waals surface area (Å²) in [4.78, 5) is 14.6. The first-order valence-corrected chi connectivity index (χ1v) is 8.78. The summed E-state index contributed by atoms with van der Waals surface area (Å²) in [5.74, 6) is 0.101. The highest BCUT2D eigenvalue weighted by molar-refractivity contribution is 5.94. The van der Waals surface area contributed by atoms with Crippen molar-refractivity contribution in [1.82, 2.24) is 4.90 Å². The molecule has 1 spiro atoms. The Labute approximate surface area is 138 Å². The van der Waals surface area contributed by atoms with Crippen LogP contribution < -0.4 is 0 Å².